The van der Waals surface area contributed by atoms with Crippen LogP contribution in [0.15, 0.2) is 55.0 Å². The molecule has 3 N–H and O–H groups in total. The first kappa shape index (κ1) is 15.8. The van der Waals surface area contributed by atoms with Crippen molar-refractivity contribution < 1.29 is 9.59 Å². The number of nitrogens with two attached hydrogens (primary N) is 1. The van der Waals surface area contributed by atoms with Crippen molar-refractivity contribution in [1.82, 2.24) is 14.5 Å². The van der Waals surface area contributed by atoms with Gasteiger partial charge >= 0.3 is 0 Å². The fraction of sp³-hybridized carbons (Fsp3) is 0.0500. The predicted molar refractivity (Wildman–Crippen MR) is 101 cm³/mol. The van der Waals surface area contributed by atoms with E-state index < -0.39 is 5.91 Å². The maximum atomic E-state index is 12.2. The first-order chi connectivity index (χ1) is 12.6. The van der Waals surface area contributed by atoms with Crippen molar-refractivity contribution in [2.75, 3.05) is 0 Å². The van der Waals surface area contributed by atoms with E-state index in [9.17, 15) is 9.59 Å². The second-order valence-corrected chi connectivity index (χ2v) is 6.01. The molecule has 1 amide bonds. The van der Waals surface area contributed by atoms with Gasteiger partial charge in [-0.15, -0.1) is 0 Å². The van der Waals surface area contributed by atoms with E-state index in [-0.39, 0.29) is 5.91 Å². The fourth-order valence-electron chi connectivity index (χ4n) is 3.19. The van der Waals surface area contributed by atoms with Crippen molar-refractivity contribution >= 4 is 45.4 Å². The topological polar surface area (TPSA) is 93.8 Å². The summed E-state index contributed by atoms with van der Waals surface area (Å²) in [4.78, 5) is 31.5. The van der Waals surface area contributed by atoms with Gasteiger partial charge in [-0.05, 0) is 24.3 Å². The van der Waals surface area contributed by atoms with E-state index in [2.05, 4.69) is 9.97 Å². The summed E-state index contributed by atoms with van der Waals surface area (Å²) in [5.41, 5.74) is 8.92. The Balaban J connectivity index is 1.98. The molecule has 0 unspecified atom stereocenters. The normalized spacial score (nSPS) is 12.0. The van der Waals surface area contributed by atoms with Gasteiger partial charge in [0.1, 0.15) is 5.65 Å². The Morgan fingerprint density at radius 2 is 1.92 bits per heavy atom. The Labute approximate surface area is 148 Å². The number of aromatic nitrogens is 3. The molecule has 0 saturated carbocycles. The highest BCUT2D eigenvalue weighted by Gasteiger charge is 2.18. The average Bonchev–Trinajstić information content (AvgIpc) is 3.21. The molecule has 0 fully saturated rings. The van der Waals surface area contributed by atoms with E-state index in [1.807, 2.05) is 36.4 Å². The van der Waals surface area contributed by atoms with Crippen LogP contribution in [0.4, 0.5) is 0 Å². The van der Waals surface area contributed by atoms with Gasteiger partial charge in [-0.2, -0.15) is 0 Å². The number of H-pyrrole nitrogens is 1. The molecule has 128 valence electrons. The molecule has 0 bridgehead atoms. The van der Waals surface area contributed by atoms with Crippen molar-refractivity contribution in [3.63, 3.8) is 0 Å². The van der Waals surface area contributed by atoms with Crippen LogP contribution < -0.4 is 5.73 Å². The number of amides is 1. The zero-order valence-electron chi connectivity index (χ0n) is 14.1. The highest BCUT2D eigenvalue weighted by atomic mass is 16.2. The first-order valence-electron chi connectivity index (χ1n) is 8.11. The second-order valence-electron chi connectivity index (χ2n) is 6.01. The minimum absolute atomic E-state index is 0.132. The van der Waals surface area contributed by atoms with Crippen LogP contribution in [0.2, 0.25) is 0 Å². The summed E-state index contributed by atoms with van der Waals surface area (Å²) in [7, 11) is 0. The number of hydrogen-bond donors (Lipinski definition) is 2. The molecule has 1 aromatic carbocycles. The third-order valence-corrected chi connectivity index (χ3v) is 4.39. The summed E-state index contributed by atoms with van der Waals surface area (Å²) in [6.07, 6.45) is 6.87. The van der Waals surface area contributed by atoms with Crippen molar-refractivity contribution in [1.29, 1.82) is 0 Å². The van der Waals surface area contributed by atoms with Crippen LogP contribution in [0.1, 0.15) is 22.8 Å². The van der Waals surface area contributed by atoms with Gasteiger partial charge in [-0.3, -0.25) is 14.2 Å². The van der Waals surface area contributed by atoms with Gasteiger partial charge in [0.05, 0.1) is 5.52 Å². The highest BCUT2D eigenvalue weighted by molar-refractivity contribution is 6.27. The average molecular weight is 344 g/mol. The maximum absolute atomic E-state index is 12.2. The quantitative estimate of drug-likeness (QED) is 0.559. The summed E-state index contributed by atoms with van der Waals surface area (Å²) < 4.78 is 1.53. The largest absolute Gasteiger partial charge is 0.366 e. The Hall–Kier alpha value is -3.67. The zero-order valence-corrected chi connectivity index (χ0v) is 14.1. The van der Waals surface area contributed by atoms with Crippen LogP contribution in [0, 0.1) is 0 Å². The number of nitrogens with zero attached hydrogens (tertiary/aromatic N) is 2. The monoisotopic (exact) mass is 344 g/mol. The van der Waals surface area contributed by atoms with Crippen molar-refractivity contribution in [2.45, 2.75) is 6.92 Å². The zero-order chi connectivity index (χ0) is 18.3. The fourth-order valence-corrected chi connectivity index (χ4v) is 3.19. The molecule has 6 heteroatoms. The molecule has 3 aromatic heterocycles. The number of nitrogens with one attached hydrogen (secondary N) is 1. The molecule has 3 heterocycles. The van der Waals surface area contributed by atoms with Gasteiger partial charge in [0.25, 0.3) is 0 Å². The van der Waals surface area contributed by atoms with Gasteiger partial charge in [-0.1, -0.05) is 18.2 Å². The Morgan fingerprint density at radius 3 is 2.69 bits per heavy atom. The van der Waals surface area contributed by atoms with Crippen molar-refractivity contribution in [3.05, 3.63) is 66.1 Å². The molecule has 0 aliphatic heterocycles. The lowest BCUT2D eigenvalue weighted by atomic mass is 10.0. The number of hydrogen-bond acceptors (Lipinski definition) is 3. The van der Waals surface area contributed by atoms with Gasteiger partial charge < -0.3 is 10.7 Å². The van der Waals surface area contributed by atoms with Crippen molar-refractivity contribution in [3.8, 4) is 0 Å². The van der Waals surface area contributed by atoms with E-state index >= 15 is 0 Å². The van der Waals surface area contributed by atoms with E-state index in [4.69, 9.17) is 5.73 Å². The molecule has 4 rings (SSSR count). The molecule has 4 aromatic rings. The lowest BCUT2D eigenvalue weighted by Gasteiger charge is -2.02. The van der Waals surface area contributed by atoms with E-state index in [1.54, 1.807) is 24.7 Å². The van der Waals surface area contributed by atoms with Crippen LogP contribution >= 0.6 is 0 Å². The second kappa shape index (κ2) is 6.00. The number of fused-ring (bicyclic) bond motifs is 2. The summed E-state index contributed by atoms with van der Waals surface area (Å²) >= 11 is 0. The summed E-state index contributed by atoms with van der Waals surface area (Å²) in [5, 5.41) is 1.69. The third-order valence-electron chi connectivity index (χ3n) is 4.39. The number of pyridine rings is 1. The number of primary amides is 1. The maximum Gasteiger partial charge on any atom is 0.249 e. The number of aromatic amines is 1. The van der Waals surface area contributed by atoms with E-state index in [1.165, 1.54) is 11.5 Å². The Kier molecular flexibility index (Phi) is 3.65. The van der Waals surface area contributed by atoms with E-state index in [0.29, 0.717) is 11.1 Å². The SMILES string of the molecule is CC(=O)n1cc(/C(=C/c2c[nH]c3ncccc23)C(N)=O)c2ccccc21. The summed E-state index contributed by atoms with van der Waals surface area (Å²) in [6.45, 7) is 1.48. The standard InChI is InChI=1S/C20H16N4O2/c1-12(25)24-11-17(15-5-2-3-7-18(15)24)16(19(21)26)9-13-10-23-20-14(13)6-4-8-22-20/h2-11H,1H3,(H2,21,26)(H,22,23)/b16-9-. The molecular weight excluding hydrogens is 328 g/mol. The third kappa shape index (κ3) is 2.48. The minimum Gasteiger partial charge on any atom is -0.366 e. The molecular formula is C20H16N4O2. The predicted octanol–water partition coefficient (Wildman–Crippen LogP) is 3.20. The van der Waals surface area contributed by atoms with Gasteiger partial charge in [0.15, 0.2) is 0 Å². The van der Waals surface area contributed by atoms with Crippen LogP contribution in [0.25, 0.3) is 33.6 Å². The number of para-hydroxylation sites is 1. The van der Waals surface area contributed by atoms with Crippen molar-refractivity contribution in [2.24, 2.45) is 5.73 Å². The first-order valence-corrected chi connectivity index (χ1v) is 8.11. The molecule has 0 aliphatic carbocycles. The summed E-state index contributed by atoms with van der Waals surface area (Å²) in [6, 6.07) is 11.2. The number of carbonyl (C=O) groups is 2. The van der Waals surface area contributed by atoms with E-state index in [0.717, 1.165) is 27.5 Å². The smallest absolute Gasteiger partial charge is 0.249 e. The van der Waals surface area contributed by atoms with Crippen LogP contribution in [-0.4, -0.2) is 26.3 Å². The van der Waals surface area contributed by atoms with Crippen LogP contribution in [-0.2, 0) is 4.79 Å². The Morgan fingerprint density at radius 1 is 1.15 bits per heavy atom. The lowest BCUT2D eigenvalue weighted by Crippen LogP contribution is -2.13. The lowest BCUT2D eigenvalue weighted by molar-refractivity contribution is -0.112. The molecule has 0 radical (unpaired) electrons. The molecule has 0 atom stereocenters. The molecule has 0 spiro atoms. The number of benzene rings is 1. The number of carbonyl (C=O) groups excluding carboxylic acids is 2. The van der Waals surface area contributed by atoms with Gasteiger partial charge in [-0.25, -0.2) is 4.98 Å². The molecule has 0 aliphatic rings. The minimum atomic E-state index is -0.560. The molecule has 0 saturated heterocycles. The van der Waals surface area contributed by atoms with Crippen LogP contribution in [0.5, 0.6) is 0 Å². The highest BCUT2D eigenvalue weighted by Crippen LogP contribution is 2.30. The molecule has 6 nitrogen and oxygen atoms in total. The van der Waals surface area contributed by atoms with Gasteiger partial charge in [0.2, 0.25) is 11.8 Å². The number of rotatable bonds is 3. The molecule has 26 heavy (non-hydrogen) atoms. The Bertz CT molecular complexity index is 1200. The van der Waals surface area contributed by atoms with Crippen LogP contribution in [0.3, 0.4) is 0 Å². The summed E-state index contributed by atoms with van der Waals surface area (Å²) in [5.74, 6) is -0.692. The van der Waals surface area contributed by atoms with Gasteiger partial charge in [0, 0.05) is 53.0 Å².